The van der Waals surface area contributed by atoms with Gasteiger partial charge in [0.25, 0.3) is 0 Å². The third-order valence-electron chi connectivity index (χ3n) is 11.0. The lowest BCUT2D eigenvalue weighted by molar-refractivity contribution is -0.157. The number of unbranched alkanes of at least 4 members (excludes halogenated alkanes) is 3. The normalized spacial score (nSPS) is 18.6. The van der Waals surface area contributed by atoms with Gasteiger partial charge in [-0.05, 0) is 103 Å². The number of hydrogen-bond acceptors (Lipinski definition) is 12. The maximum atomic E-state index is 14.5. The first-order valence-electron chi connectivity index (χ1n) is 21.4. The number of aliphatic hydroxyl groups excluding tert-OH is 1. The van der Waals surface area contributed by atoms with E-state index in [1.54, 1.807) is 30.3 Å². The number of nitrogens with one attached hydrogen (secondary N) is 4. The van der Waals surface area contributed by atoms with Crippen LogP contribution in [-0.2, 0) is 40.0 Å². The fraction of sp³-hybridized carbons (Fsp3) is 0.659. The molecule has 2 saturated heterocycles. The van der Waals surface area contributed by atoms with Crippen molar-refractivity contribution in [2.75, 3.05) is 32.7 Å². The summed E-state index contributed by atoms with van der Waals surface area (Å²) in [5.74, 6) is -5.78. The van der Waals surface area contributed by atoms with E-state index in [9.17, 15) is 43.8 Å². The molecule has 0 aliphatic carbocycles. The molecule has 0 radical (unpaired) electrons. The number of carbonyl (C=O) groups excluding carboxylic acids is 6. The van der Waals surface area contributed by atoms with E-state index in [-0.39, 0.29) is 64.1 Å². The third kappa shape index (κ3) is 15.0. The van der Waals surface area contributed by atoms with Crippen LogP contribution >= 0.6 is 0 Å². The van der Waals surface area contributed by atoms with Gasteiger partial charge in [-0.1, -0.05) is 36.8 Å². The van der Waals surface area contributed by atoms with Gasteiger partial charge in [0.1, 0.15) is 30.2 Å². The summed E-state index contributed by atoms with van der Waals surface area (Å²) >= 11 is 0. The van der Waals surface area contributed by atoms with Gasteiger partial charge in [-0.3, -0.25) is 39.1 Å². The summed E-state index contributed by atoms with van der Waals surface area (Å²) in [7, 11) is 0. The lowest BCUT2D eigenvalue weighted by Crippen LogP contribution is -2.63. The third-order valence-corrected chi connectivity index (χ3v) is 11.0. The zero-order chi connectivity index (χ0) is 45.1. The molecular weight excluding hydrogens is 791 g/mol. The lowest BCUT2D eigenvalue weighted by Gasteiger charge is -2.35. The fourth-order valence-electron chi connectivity index (χ4n) is 7.86. The molecule has 1 aromatic rings. The number of guanidine groups is 1. The molecule has 0 aromatic heterocycles. The average Bonchev–Trinajstić information content (AvgIpc) is 3.93. The van der Waals surface area contributed by atoms with Crippen LogP contribution in [0.4, 0.5) is 0 Å². The Morgan fingerprint density at radius 3 is 2.10 bits per heavy atom. The number of nitrogens with zero attached hydrogens (tertiary/aromatic N) is 3. The van der Waals surface area contributed by atoms with Crippen molar-refractivity contribution in [3.8, 4) is 0 Å². The zero-order valence-electron chi connectivity index (χ0n) is 35.3. The van der Waals surface area contributed by atoms with Gasteiger partial charge in [0, 0.05) is 26.1 Å². The van der Waals surface area contributed by atoms with E-state index in [2.05, 4.69) is 16.0 Å². The van der Waals surface area contributed by atoms with Crippen LogP contribution in [0.2, 0.25) is 0 Å². The smallest absolute Gasteiger partial charge is 0.326 e. The second kappa shape index (κ2) is 25.6. The van der Waals surface area contributed by atoms with E-state index < -0.39 is 83.8 Å². The highest BCUT2D eigenvalue weighted by atomic mass is 16.4. The Morgan fingerprint density at radius 1 is 0.852 bits per heavy atom. The van der Waals surface area contributed by atoms with Gasteiger partial charge < -0.3 is 58.9 Å². The molecule has 0 bridgehead atoms. The van der Waals surface area contributed by atoms with Crippen LogP contribution in [0.5, 0.6) is 0 Å². The number of nitrogens with two attached hydrogens (primary N) is 4. The number of carbonyl (C=O) groups is 7. The zero-order valence-corrected chi connectivity index (χ0v) is 35.3. The first-order valence-corrected chi connectivity index (χ1v) is 21.4. The summed E-state index contributed by atoms with van der Waals surface area (Å²) in [4.78, 5) is 99.7. The summed E-state index contributed by atoms with van der Waals surface area (Å²) in [6.07, 6.45) is 2.76. The number of carboxylic acid groups (broad SMARTS) is 1. The Hall–Kier alpha value is -5.18. The molecule has 20 heteroatoms. The number of aliphatic carboxylic acids is 1. The summed E-state index contributed by atoms with van der Waals surface area (Å²) in [5.41, 5.74) is 23.8. The van der Waals surface area contributed by atoms with Gasteiger partial charge in [0.15, 0.2) is 5.96 Å². The number of rotatable bonds is 25. The highest BCUT2D eigenvalue weighted by Gasteiger charge is 2.45. The minimum atomic E-state index is -1.75. The fourth-order valence-corrected chi connectivity index (χ4v) is 7.86. The number of amides is 6. The monoisotopic (exact) mass is 858 g/mol. The van der Waals surface area contributed by atoms with Crippen molar-refractivity contribution in [2.24, 2.45) is 22.9 Å². The number of imide groups is 1. The van der Waals surface area contributed by atoms with Crippen LogP contribution in [0.15, 0.2) is 30.3 Å². The summed E-state index contributed by atoms with van der Waals surface area (Å²) in [5, 5.41) is 35.9. The molecule has 1 aromatic carbocycles. The topological polar surface area (TPSA) is 334 Å². The molecule has 340 valence electrons. The van der Waals surface area contributed by atoms with Crippen molar-refractivity contribution < 1.29 is 43.8 Å². The van der Waals surface area contributed by atoms with Gasteiger partial charge in [0.05, 0.1) is 12.1 Å². The molecular formula is C41H67N11O9. The largest absolute Gasteiger partial charge is 0.480 e. The van der Waals surface area contributed by atoms with Crippen LogP contribution in [0, 0.1) is 5.41 Å². The van der Waals surface area contributed by atoms with Crippen LogP contribution < -0.4 is 38.9 Å². The molecule has 0 saturated carbocycles. The molecule has 0 spiro atoms. The minimum Gasteiger partial charge on any atom is -0.480 e. The van der Waals surface area contributed by atoms with Crippen molar-refractivity contribution in [3.05, 3.63) is 35.9 Å². The first-order chi connectivity index (χ1) is 29.1. The molecule has 0 unspecified atom stereocenters. The van der Waals surface area contributed by atoms with Crippen LogP contribution in [-0.4, -0.2) is 147 Å². The van der Waals surface area contributed by atoms with Crippen molar-refractivity contribution in [3.63, 3.8) is 0 Å². The summed E-state index contributed by atoms with van der Waals surface area (Å²) in [6, 6.07) is 1.45. The Balaban J connectivity index is 1.84. The molecule has 2 heterocycles. The molecule has 7 atom stereocenters. The number of likely N-dealkylation sites (tertiary alicyclic amines) is 2. The Kier molecular flexibility index (Phi) is 21.0. The Labute approximate surface area is 357 Å². The molecule has 20 nitrogen and oxygen atoms in total. The van der Waals surface area contributed by atoms with E-state index in [1.165, 1.54) is 16.7 Å². The molecule has 2 fully saturated rings. The van der Waals surface area contributed by atoms with Gasteiger partial charge in [-0.2, -0.15) is 0 Å². The van der Waals surface area contributed by atoms with Crippen LogP contribution in [0.3, 0.4) is 0 Å². The van der Waals surface area contributed by atoms with Gasteiger partial charge in [-0.25, -0.2) is 4.79 Å². The van der Waals surface area contributed by atoms with E-state index >= 15 is 0 Å². The van der Waals surface area contributed by atoms with Crippen LogP contribution in [0.25, 0.3) is 0 Å². The van der Waals surface area contributed by atoms with Crippen molar-refractivity contribution in [2.45, 2.75) is 139 Å². The van der Waals surface area contributed by atoms with E-state index in [1.807, 2.05) is 0 Å². The molecule has 6 amide bonds. The molecule has 2 aliphatic heterocycles. The van der Waals surface area contributed by atoms with E-state index in [0.717, 1.165) is 10.5 Å². The minimum absolute atomic E-state index is 0.0506. The second-order valence-electron chi connectivity index (χ2n) is 15.8. The predicted molar refractivity (Wildman–Crippen MR) is 226 cm³/mol. The summed E-state index contributed by atoms with van der Waals surface area (Å²) < 4.78 is 0. The van der Waals surface area contributed by atoms with Crippen molar-refractivity contribution in [1.82, 2.24) is 30.7 Å². The SMILES string of the molecule is C[C@@H](O)[C@@H](C(=O)N[C@@H](CCCCN)C(=O)N1CCC[C@H]1C(=O)N1CCC[C@H]1C(=O)N[C@@H](CCCNC(=N)N)C(=O)O)N(C(=O)CCCCCN)C(=O)[C@@H](N)Cc1ccccc1. The number of benzene rings is 1. The van der Waals surface area contributed by atoms with Gasteiger partial charge in [-0.15, -0.1) is 0 Å². The molecule has 3 rings (SSSR count). The predicted octanol–water partition coefficient (Wildman–Crippen LogP) is -1.39. The van der Waals surface area contributed by atoms with Crippen molar-refractivity contribution in [1.29, 1.82) is 5.41 Å². The standard InChI is InChI=1S/C41H67N11O9/c1-26(53)34(52(33(54)19-6-3-8-20-42)37(57)28(44)25-27-13-4-2-5-14-27)36(56)48-29(15-7-9-21-43)38(58)51-24-12-18-32(51)39(59)50-23-11-17-31(50)35(55)49-30(40(60)61)16-10-22-47-41(45)46/h2,4-5,13-14,26,28-32,34,53H,3,6-12,15-25,42-44H2,1H3,(H,48,56)(H,49,55)(H,60,61)(H4,45,46,47)/t26-,28+,29+,30+,31+,32+,34+/m1/s1. The maximum absolute atomic E-state index is 14.5. The number of aliphatic hydroxyl groups is 1. The summed E-state index contributed by atoms with van der Waals surface area (Å²) in [6.45, 7) is 2.58. The Morgan fingerprint density at radius 2 is 1.48 bits per heavy atom. The molecule has 14 N–H and O–H groups in total. The highest BCUT2D eigenvalue weighted by Crippen LogP contribution is 2.27. The molecule has 2 aliphatic rings. The lowest BCUT2D eigenvalue weighted by atomic mass is 10.0. The van der Waals surface area contributed by atoms with E-state index in [0.29, 0.717) is 64.5 Å². The first kappa shape index (κ1) is 50.2. The average molecular weight is 858 g/mol. The van der Waals surface area contributed by atoms with E-state index in [4.69, 9.17) is 28.3 Å². The quantitative estimate of drug-likeness (QED) is 0.0308. The van der Waals surface area contributed by atoms with Crippen molar-refractivity contribution >= 4 is 47.4 Å². The highest BCUT2D eigenvalue weighted by molar-refractivity contribution is 6.03. The molecule has 61 heavy (non-hydrogen) atoms. The van der Waals surface area contributed by atoms with Gasteiger partial charge in [0.2, 0.25) is 35.4 Å². The number of hydrogen-bond donors (Lipinski definition) is 10. The number of carboxylic acids is 1. The maximum Gasteiger partial charge on any atom is 0.326 e. The van der Waals surface area contributed by atoms with Crippen LogP contribution in [0.1, 0.15) is 96.0 Å². The second-order valence-corrected chi connectivity index (χ2v) is 15.8. The Bertz CT molecular complexity index is 1650. The van der Waals surface area contributed by atoms with Gasteiger partial charge >= 0.3 is 5.97 Å².